The van der Waals surface area contributed by atoms with E-state index in [0.717, 1.165) is 23.6 Å². The second-order valence-corrected chi connectivity index (χ2v) is 4.69. The highest BCUT2D eigenvalue weighted by atomic mass is 16.5. The normalized spacial score (nSPS) is 12.4. The molecular weight excluding hydrogens is 252 g/mol. The average Bonchev–Trinajstić information content (AvgIpc) is 2.77. The minimum absolute atomic E-state index is 0.0848. The zero-order valence-corrected chi connectivity index (χ0v) is 12.6. The van der Waals surface area contributed by atoms with Crippen molar-refractivity contribution in [2.75, 3.05) is 13.2 Å². The van der Waals surface area contributed by atoms with E-state index in [9.17, 15) is 0 Å². The molecular formula is C15H22N4O. The minimum atomic E-state index is 0.0848. The number of nitrogens with zero attached hydrogens (tertiary/aromatic N) is 3. The van der Waals surface area contributed by atoms with Crippen LogP contribution in [0, 0.1) is 6.92 Å². The van der Waals surface area contributed by atoms with E-state index in [1.807, 2.05) is 37.1 Å². The quantitative estimate of drug-likeness (QED) is 0.877. The fourth-order valence-corrected chi connectivity index (χ4v) is 2.25. The first-order chi connectivity index (χ1) is 9.67. The maximum atomic E-state index is 5.54. The van der Waals surface area contributed by atoms with Gasteiger partial charge in [0.15, 0.2) is 0 Å². The summed E-state index contributed by atoms with van der Waals surface area (Å²) < 4.78 is 7.42. The maximum Gasteiger partial charge on any atom is 0.137 e. The largest absolute Gasteiger partial charge is 0.492 e. The second kappa shape index (κ2) is 6.52. The van der Waals surface area contributed by atoms with Crippen LogP contribution in [-0.2, 0) is 7.05 Å². The smallest absolute Gasteiger partial charge is 0.137 e. The molecule has 0 amide bonds. The van der Waals surface area contributed by atoms with Crippen molar-refractivity contribution >= 4 is 0 Å². The summed E-state index contributed by atoms with van der Waals surface area (Å²) in [6.07, 6.45) is 5.53. The standard InChI is InChI=1S/C15H22N4O/c1-5-17-15(14-10-18-19(4)11(14)3)12-7-13(20-6-2)9-16-8-12/h7-10,15,17H,5-6H2,1-4H3. The van der Waals surface area contributed by atoms with Gasteiger partial charge in [0.25, 0.3) is 0 Å². The van der Waals surface area contributed by atoms with Crippen molar-refractivity contribution < 1.29 is 4.74 Å². The molecule has 20 heavy (non-hydrogen) atoms. The predicted octanol–water partition coefficient (Wildman–Crippen LogP) is 2.22. The van der Waals surface area contributed by atoms with Gasteiger partial charge in [0.1, 0.15) is 5.75 Å². The summed E-state index contributed by atoms with van der Waals surface area (Å²) in [5.74, 6) is 0.800. The Bertz CT molecular complexity index is 565. The van der Waals surface area contributed by atoms with Crippen molar-refractivity contribution in [3.8, 4) is 5.75 Å². The summed E-state index contributed by atoms with van der Waals surface area (Å²) in [5, 5.41) is 7.82. The van der Waals surface area contributed by atoms with Crippen LogP contribution in [0.5, 0.6) is 5.75 Å². The molecule has 0 aliphatic heterocycles. The van der Waals surface area contributed by atoms with E-state index in [1.165, 1.54) is 5.56 Å². The molecule has 0 saturated heterocycles. The average molecular weight is 274 g/mol. The molecule has 0 bridgehead atoms. The van der Waals surface area contributed by atoms with E-state index in [1.54, 1.807) is 6.20 Å². The summed E-state index contributed by atoms with van der Waals surface area (Å²) in [6, 6.07) is 2.12. The van der Waals surface area contributed by atoms with Crippen molar-refractivity contribution in [3.63, 3.8) is 0 Å². The Kier molecular flexibility index (Phi) is 4.74. The minimum Gasteiger partial charge on any atom is -0.492 e. The molecule has 5 heteroatoms. The van der Waals surface area contributed by atoms with Crippen molar-refractivity contribution in [1.29, 1.82) is 0 Å². The van der Waals surface area contributed by atoms with E-state index in [-0.39, 0.29) is 6.04 Å². The molecule has 1 atom stereocenters. The fourth-order valence-electron chi connectivity index (χ4n) is 2.25. The highest BCUT2D eigenvalue weighted by Gasteiger charge is 2.18. The lowest BCUT2D eigenvalue weighted by Gasteiger charge is -2.18. The topological polar surface area (TPSA) is 52.0 Å². The van der Waals surface area contributed by atoms with Crippen LogP contribution in [0.1, 0.15) is 36.7 Å². The Labute approximate surface area is 120 Å². The van der Waals surface area contributed by atoms with Crippen molar-refractivity contribution in [2.45, 2.75) is 26.8 Å². The van der Waals surface area contributed by atoms with Crippen molar-refractivity contribution in [3.05, 3.63) is 41.5 Å². The molecule has 1 N–H and O–H groups in total. The van der Waals surface area contributed by atoms with Crippen LogP contribution in [-0.4, -0.2) is 27.9 Å². The molecule has 2 aromatic rings. The highest BCUT2D eigenvalue weighted by Crippen LogP contribution is 2.26. The van der Waals surface area contributed by atoms with E-state index < -0.39 is 0 Å². The van der Waals surface area contributed by atoms with Crippen LogP contribution in [0.15, 0.2) is 24.7 Å². The molecule has 0 spiro atoms. The van der Waals surface area contributed by atoms with Gasteiger partial charge < -0.3 is 10.1 Å². The third kappa shape index (κ3) is 2.99. The first-order valence-electron chi connectivity index (χ1n) is 6.97. The summed E-state index contributed by atoms with van der Waals surface area (Å²) >= 11 is 0. The van der Waals surface area contributed by atoms with Crippen LogP contribution in [0.4, 0.5) is 0 Å². The molecule has 0 radical (unpaired) electrons. The van der Waals surface area contributed by atoms with Crippen LogP contribution in [0.3, 0.4) is 0 Å². The molecule has 0 saturated carbocycles. The molecule has 1 unspecified atom stereocenters. The van der Waals surface area contributed by atoms with Gasteiger partial charge in [-0.2, -0.15) is 5.10 Å². The van der Waals surface area contributed by atoms with Gasteiger partial charge in [0.05, 0.1) is 25.0 Å². The number of rotatable bonds is 6. The molecule has 2 aromatic heterocycles. The Morgan fingerprint density at radius 3 is 2.70 bits per heavy atom. The Morgan fingerprint density at radius 1 is 1.30 bits per heavy atom. The summed E-state index contributed by atoms with van der Waals surface area (Å²) in [4.78, 5) is 4.28. The third-order valence-electron chi connectivity index (χ3n) is 3.37. The SMILES string of the molecule is CCNC(c1cncc(OCC)c1)c1cnn(C)c1C. The summed E-state index contributed by atoms with van der Waals surface area (Å²) in [7, 11) is 1.96. The van der Waals surface area contributed by atoms with Gasteiger partial charge in [-0.1, -0.05) is 6.92 Å². The molecule has 2 heterocycles. The molecule has 108 valence electrons. The van der Waals surface area contributed by atoms with E-state index in [2.05, 4.69) is 29.2 Å². The Balaban J connectivity index is 2.37. The first kappa shape index (κ1) is 14.5. The van der Waals surface area contributed by atoms with Gasteiger partial charge in [0.2, 0.25) is 0 Å². The van der Waals surface area contributed by atoms with Crippen LogP contribution >= 0.6 is 0 Å². The van der Waals surface area contributed by atoms with Gasteiger partial charge in [-0.25, -0.2) is 0 Å². The molecule has 0 aromatic carbocycles. The second-order valence-electron chi connectivity index (χ2n) is 4.69. The number of ether oxygens (including phenoxy) is 1. The number of pyridine rings is 1. The van der Waals surface area contributed by atoms with Gasteiger partial charge in [-0.15, -0.1) is 0 Å². The van der Waals surface area contributed by atoms with E-state index in [4.69, 9.17) is 4.74 Å². The number of hydrogen-bond acceptors (Lipinski definition) is 4. The van der Waals surface area contributed by atoms with Crippen LogP contribution in [0.25, 0.3) is 0 Å². The lowest BCUT2D eigenvalue weighted by molar-refractivity contribution is 0.338. The van der Waals surface area contributed by atoms with E-state index >= 15 is 0 Å². The number of nitrogens with one attached hydrogen (secondary N) is 1. The summed E-state index contributed by atoms with van der Waals surface area (Å²) in [5.41, 5.74) is 3.41. The predicted molar refractivity (Wildman–Crippen MR) is 78.9 cm³/mol. The molecule has 5 nitrogen and oxygen atoms in total. The number of aryl methyl sites for hydroxylation is 1. The number of aromatic nitrogens is 3. The molecule has 2 rings (SSSR count). The van der Waals surface area contributed by atoms with Gasteiger partial charge in [0, 0.05) is 24.5 Å². The zero-order chi connectivity index (χ0) is 14.5. The highest BCUT2D eigenvalue weighted by molar-refractivity contribution is 5.35. The lowest BCUT2D eigenvalue weighted by atomic mass is 10.0. The Hall–Kier alpha value is -1.88. The third-order valence-corrected chi connectivity index (χ3v) is 3.37. The zero-order valence-electron chi connectivity index (χ0n) is 12.6. The van der Waals surface area contributed by atoms with E-state index in [0.29, 0.717) is 6.61 Å². The fraction of sp³-hybridized carbons (Fsp3) is 0.467. The first-order valence-corrected chi connectivity index (χ1v) is 6.97. The molecule has 0 aliphatic carbocycles. The van der Waals surface area contributed by atoms with Crippen molar-refractivity contribution in [1.82, 2.24) is 20.1 Å². The monoisotopic (exact) mass is 274 g/mol. The summed E-state index contributed by atoms with van der Waals surface area (Å²) in [6.45, 7) is 7.66. The Morgan fingerprint density at radius 2 is 2.10 bits per heavy atom. The van der Waals surface area contributed by atoms with Crippen molar-refractivity contribution in [2.24, 2.45) is 7.05 Å². The van der Waals surface area contributed by atoms with Gasteiger partial charge >= 0.3 is 0 Å². The van der Waals surface area contributed by atoms with Gasteiger partial charge in [-0.3, -0.25) is 9.67 Å². The van der Waals surface area contributed by atoms with Crippen LogP contribution in [0.2, 0.25) is 0 Å². The number of hydrogen-bond donors (Lipinski definition) is 1. The van der Waals surface area contributed by atoms with Gasteiger partial charge in [-0.05, 0) is 32.0 Å². The van der Waals surface area contributed by atoms with Crippen LogP contribution < -0.4 is 10.1 Å². The maximum absolute atomic E-state index is 5.54. The molecule has 0 fully saturated rings. The molecule has 0 aliphatic rings. The lowest BCUT2D eigenvalue weighted by Crippen LogP contribution is -2.22.